The molecule has 0 unspecified atom stereocenters. The van der Waals surface area contributed by atoms with Gasteiger partial charge in [-0.05, 0) is 23.1 Å². The van der Waals surface area contributed by atoms with Crippen molar-refractivity contribution in [2.75, 3.05) is 11.5 Å². The van der Waals surface area contributed by atoms with Gasteiger partial charge in [-0.1, -0.05) is 30.3 Å². The topological polar surface area (TPSA) is 108 Å². The van der Waals surface area contributed by atoms with Crippen molar-refractivity contribution >= 4 is 15.5 Å². The summed E-state index contributed by atoms with van der Waals surface area (Å²) in [4.78, 5) is 0. The molecule has 0 saturated heterocycles. The molecule has 0 saturated carbocycles. The first-order chi connectivity index (χ1) is 11.0. The van der Waals surface area contributed by atoms with Gasteiger partial charge in [0.2, 0.25) is 0 Å². The van der Waals surface area contributed by atoms with Gasteiger partial charge < -0.3 is 5.73 Å². The summed E-state index contributed by atoms with van der Waals surface area (Å²) in [7, 11) is -3.25. The van der Waals surface area contributed by atoms with E-state index in [0.29, 0.717) is 11.1 Å². The van der Waals surface area contributed by atoms with E-state index in [1.54, 1.807) is 0 Å². The summed E-state index contributed by atoms with van der Waals surface area (Å²) < 4.78 is 24.0. The van der Waals surface area contributed by atoms with E-state index >= 15 is 0 Å². The van der Waals surface area contributed by atoms with Crippen molar-refractivity contribution in [3.8, 4) is 23.3 Å². The molecule has 2 aromatic carbocycles. The lowest BCUT2D eigenvalue weighted by atomic mass is 9.86. The maximum Gasteiger partial charge on any atom is 0.154 e. The number of benzene rings is 2. The summed E-state index contributed by atoms with van der Waals surface area (Å²) in [6.07, 6.45) is 0.283. The van der Waals surface area contributed by atoms with Crippen LogP contribution in [0.3, 0.4) is 0 Å². The van der Waals surface area contributed by atoms with Crippen LogP contribution >= 0.6 is 0 Å². The lowest BCUT2D eigenvalue weighted by Crippen LogP contribution is -2.22. The zero-order valence-corrected chi connectivity index (χ0v) is 13.0. The van der Waals surface area contributed by atoms with E-state index in [4.69, 9.17) is 5.73 Å². The highest BCUT2D eigenvalue weighted by Crippen LogP contribution is 2.39. The number of fused-ring (bicyclic) bond motifs is 1. The molecule has 114 valence electrons. The summed E-state index contributed by atoms with van der Waals surface area (Å²) >= 11 is 0. The predicted molar refractivity (Wildman–Crippen MR) is 86.9 cm³/mol. The van der Waals surface area contributed by atoms with Gasteiger partial charge in [-0.25, -0.2) is 8.42 Å². The lowest BCUT2D eigenvalue weighted by Gasteiger charge is -2.23. The van der Waals surface area contributed by atoms with E-state index in [2.05, 4.69) is 6.07 Å². The van der Waals surface area contributed by atoms with Gasteiger partial charge in [0.25, 0.3) is 0 Å². The van der Waals surface area contributed by atoms with Gasteiger partial charge in [0.1, 0.15) is 12.1 Å². The zero-order chi connectivity index (χ0) is 16.6. The molecule has 23 heavy (non-hydrogen) atoms. The molecule has 0 aromatic heterocycles. The fraction of sp³-hybridized carbons (Fsp3) is 0.176. The molecule has 0 amide bonds. The van der Waals surface area contributed by atoms with Gasteiger partial charge in [-0.3, -0.25) is 0 Å². The fourth-order valence-electron chi connectivity index (χ4n) is 3.03. The Kier molecular flexibility index (Phi) is 3.55. The number of hydrogen-bond donors (Lipinski definition) is 1. The molecule has 1 aliphatic heterocycles. The number of nitrogen functional groups attached to an aromatic ring is 1. The van der Waals surface area contributed by atoms with Gasteiger partial charge in [-0.2, -0.15) is 10.5 Å². The predicted octanol–water partition coefficient (Wildman–Crippen LogP) is 2.15. The largest absolute Gasteiger partial charge is 0.397 e. The van der Waals surface area contributed by atoms with Gasteiger partial charge in [0.05, 0.1) is 28.3 Å². The highest BCUT2D eigenvalue weighted by atomic mass is 32.2. The van der Waals surface area contributed by atoms with Crippen LogP contribution in [-0.2, 0) is 22.0 Å². The first-order valence-electron chi connectivity index (χ1n) is 7.01. The number of anilines is 1. The highest BCUT2D eigenvalue weighted by molar-refractivity contribution is 7.90. The monoisotopic (exact) mass is 323 g/mol. The van der Waals surface area contributed by atoms with E-state index in [0.717, 1.165) is 11.1 Å². The van der Waals surface area contributed by atoms with Crippen LogP contribution < -0.4 is 5.73 Å². The minimum atomic E-state index is -3.25. The lowest BCUT2D eigenvalue weighted by molar-refractivity contribution is 0.591. The first-order valence-corrected chi connectivity index (χ1v) is 8.84. The number of rotatable bonds is 1. The third kappa shape index (κ3) is 2.44. The molecule has 0 bridgehead atoms. The van der Waals surface area contributed by atoms with E-state index in [-0.39, 0.29) is 34.7 Å². The Balaban J connectivity index is 2.44. The zero-order valence-electron chi connectivity index (χ0n) is 12.2. The number of hydrogen-bond acceptors (Lipinski definition) is 5. The van der Waals surface area contributed by atoms with E-state index < -0.39 is 9.84 Å². The van der Waals surface area contributed by atoms with Crippen molar-refractivity contribution < 1.29 is 8.42 Å². The van der Waals surface area contributed by atoms with Gasteiger partial charge >= 0.3 is 0 Å². The minimum Gasteiger partial charge on any atom is -0.397 e. The number of sulfone groups is 1. The third-order valence-corrected chi connectivity index (χ3v) is 5.62. The molecule has 2 aromatic rings. The van der Waals surface area contributed by atoms with Gasteiger partial charge in [-0.15, -0.1) is 0 Å². The molecule has 0 aliphatic carbocycles. The Morgan fingerprint density at radius 3 is 2.26 bits per heavy atom. The highest BCUT2D eigenvalue weighted by Gasteiger charge is 2.30. The smallest absolute Gasteiger partial charge is 0.154 e. The first kappa shape index (κ1) is 15.1. The Hall–Kier alpha value is -2.83. The average Bonchev–Trinajstić information content (AvgIpc) is 2.54. The summed E-state index contributed by atoms with van der Waals surface area (Å²) in [5, 5.41) is 18.9. The summed E-state index contributed by atoms with van der Waals surface area (Å²) in [6.45, 7) is 0. The summed E-state index contributed by atoms with van der Waals surface area (Å²) in [5.74, 6) is -0.194. The van der Waals surface area contributed by atoms with Gasteiger partial charge in [0, 0.05) is 5.56 Å². The summed E-state index contributed by atoms with van der Waals surface area (Å²) in [5.41, 5.74) is 9.06. The third-order valence-electron chi connectivity index (χ3n) is 4.07. The van der Waals surface area contributed by atoms with Crippen LogP contribution in [0.15, 0.2) is 30.3 Å². The van der Waals surface area contributed by atoms with E-state index in [1.807, 2.05) is 36.4 Å². The maximum absolute atomic E-state index is 12.0. The number of nitrogens with zero attached hydrogens (tertiary/aromatic N) is 2. The van der Waals surface area contributed by atoms with Crippen molar-refractivity contribution in [1.29, 1.82) is 10.5 Å². The molecular formula is C17H13N3O2S. The molecule has 0 atom stereocenters. The van der Waals surface area contributed by atoms with Crippen molar-refractivity contribution in [2.24, 2.45) is 0 Å². The maximum atomic E-state index is 12.0. The Morgan fingerprint density at radius 2 is 1.65 bits per heavy atom. The molecule has 1 heterocycles. The molecule has 1 aliphatic rings. The molecule has 5 nitrogen and oxygen atoms in total. The Labute approximate surface area is 134 Å². The number of nitriles is 2. The summed E-state index contributed by atoms with van der Waals surface area (Å²) in [6, 6.07) is 13.3. The van der Waals surface area contributed by atoms with Crippen LogP contribution in [0.4, 0.5) is 5.69 Å². The molecule has 0 spiro atoms. The van der Waals surface area contributed by atoms with Crippen molar-refractivity contribution in [1.82, 2.24) is 0 Å². The molecule has 0 fully saturated rings. The van der Waals surface area contributed by atoms with Crippen LogP contribution in [-0.4, -0.2) is 14.2 Å². The quantitative estimate of drug-likeness (QED) is 0.809. The van der Waals surface area contributed by atoms with Crippen LogP contribution in [0.1, 0.15) is 22.3 Å². The fourth-order valence-corrected chi connectivity index (χ4v) is 4.44. The number of nitrogens with two attached hydrogens (primary N) is 1. The van der Waals surface area contributed by atoms with E-state index in [1.165, 1.54) is 0 Å². The van der Waals surface area contributed by atoms with Crippen molar-refractivity contribution in [3.05, 3.63) is 52.6 Å². The molecule has 0 radical (unpaired) electrons. The van der Waals surface area contributed by atoms with Crippen molar-refractivity contribution in [2.45, 2.75) is 12.2 Å². The molecular weight excluding hydrogens is 310 g/mol. The second-order valence-electron chi connectivity index (χ2n) is 5.43. The van der Waals surface area contributed by atoms with Crippen LogP contribution in [0, 0.1) is 22.7 Å². The standard InChI is InChI=1S/C17H13N3O2S/c18-8-13-15-10-23(21,22)7-6-12(15)16(14(9-19)17(13)20)11-4-2-1-3-5-11/h1-5H,6-7,10,20H2. The Bertz CT molecular complexity index is 981. The molecule has 6 heteroatoms. The normalized spacial score (nSPS) is 15.2. The average molecular weight is 323 g/mol. The van der Waals surface area contributed by atoms with Crippen LogP contribution in [0.5, 0.6) is 0 Å². The minimum absolute atomic E-state index is 0.0134. The molecule has 2 N–H and O–H groups in total. The second-order valence-corrected chi connectivity index (χ2v) is 7.61. The van der Waals surface area contributed by atoms with Crippen LogP contribution in [0.25, 0.3) is 11.1 Å². The van der Waals surface area contributed by atoms with Gasteiger partial charge in [0.15, 0.2) is 9.84 Å². The van der Waals surface area contributed by atoms with Crippen molar-refractivity contribution in [3.63, 3.8) is 0 Å². The van der Waals surface area contributed by atoms with Crippen LogP contribution in [0.2, 0.25) is 0 Å². The second kappa shape index (κ2) is 5.42. The van der Waals surface area contributed by atoms with E-state index in [9.17, 15) is 18.9 Å². The SMILES string of the molecule is N#Cc1c(N)c(C#N)c(-c2ccccc2)c2c1CS(=O)(=O)CC2. The Morgan fingerprint density at radius 1 is 1.00 bits per heavy atom. The molecule has 3 rings (SSSR count).